The predicted octanol–water partition coefficient (Wildman–Crippen LogP) is 3.59. The van der Waals surface area contributed by atoms with E-state index in [2.05, 4.69) is 49.3 Å². The summed E-state index contributed by atoms with van der Waals surface area (Å²) >= 11 is 0. The van der Waals surface area contributed by atoms with Gasteiger partial charge in [0.2, 0.25) is 0 Å². The van der Waals surface area contributed by atoms with Crippen molar-refractivity contribution in [2.45, 2.75) is 52.1 Å². The minimum Gasteiger partial charge on any atom is -0.374 e. The number of aryl methyl sites for hydroxylation is 1. The van der Waals surface area contributed by atoms with E-state index < -0.39 is 0 Å². The third kappa shape index (κ3) is 2.71. The van der Waals surface area contributed by atoms with Crippen LogP contribution in [0, 0.1) is 11.8 Å². The van der Waals surface area contributed by atoms with Crippen LogP contribution in [0.3, 0.4) is 0 Å². The van der Waals surface area contributed by atoms with Crippen LogP contribution < -0.4 is 10.2 Å². The Labute approximate surface area is 123 Å². The van der Waals surface area contributed by atoms with Crippen molar-refractivity contribution >= 4 is 5.69 Å². The van der Waals surface area contributed by atoms with Gasteiger partial charge in [-0.05, 0) is 54.7 Å². The van der Waals surface area contributed by atoms with E-state index in [-0.39, 0.29) is 0 Å². The van der Waals surface area contributed by atoms with Crippen molar-refractivity contribution in [3.63, 3.8) is 0 Å². The molecular formula is C18H28N2. The fraction of sp³-hybridized carbons (Fsp3) is 0.667. The van der Waals surface area contributed by atoms with Gasteiger partial charge in [0, 0.05) is 31.9 Å². The monoisotopic (exact) mass is 272 g/mol. The minimum absolute atomic E-state index is 0.712. The molecule has 1 N–H and O–H groups in total. The predicted molar refractivity (Wildman–Crippen MR) is 86.2 cm³/mol. The molecule has 0 spiro atoms. The smallest absolute Gasteiger partial charge is 0.0396 e. The van der Waals surface area contributed by atoms with E-state index in [0.717, 1.165) is 18.4 Å². The summed E-state index contributed by atoms with van der Waals surface area (Å²) < 4.78 is 0. The van der Waals surface area contributed by atoms with Crippen LogP contribution in [0.15, 0.2) is 18.2 Å². The number of benzene rings is 1. The van der Waals surface area contributed by atoms with Gasteiger partial charge in [0.25, 0.3) is 0 Å². The topological polar surface area (TPSA) is 15.3 Å². The standard InChI is InChI=1S/C18H28N2/c1-13-6-8-17(14(13)2)19-12-15-7-9-18-16(11-15)5-4-10-20(18)3/h7,9,11,13-14,17,19H,4-6,8,10,12H2,1-3H3. The van der Waals surface area contributed by atoms with Gasteiger partial charge in [0.05, 0.1) is 0 Å². The van der Waals surface area contributed by atoms with Gasteiger partial charge in [-0.25, -0.2) is 0 Å². The molecule has 3 rings (SSSR count). The van der Waals surface area contributed by atoms with Crippen molar-refractivity contribution in [3.05, 3.63) is 29.3 Å². The normalized spacial score (nSPS) is 29.6. The number of anilines is 1. The highest BCUT2D eigenvalue weighted by Gasteiger charge is 2.29. The Morgan fingerprint density at radius 2 is 2.10 bits per heavy atom. The zero-order valence-electron chi connectivity index (χ0n) is 13.2. The number of hydrogen-bond acceptors (Lipinski definition) is 2. The van der Waals surface area contributed by atoms with Crippen molar-refractivity contribution in [2.75, 3.05) is 18.5 Å². The second-order valence-electron chi connectivity index (χ2n) is 6.89. The molecule has 2 nitrogen and oxygen atoms in total. The molecule has 2 aliphatic rings. The third-order valence-corrected chi connectivity index (χ3v) is 5.53. The number of nitrogens with one attached hydrogen (secondary N) is 1. The van der Waals surface area contributed by atoms with E-state index >= 15 is 0 Å². The molecule has 1 heterocycles. The van der Waals surface area contributed by atoms with Crippen molar-refractivity contribution in [1.82, 2.24) is 5.32 Å². The van der Waals surface area contributed by atoms with Crippen LogP contribution in [0.25, 0.3) is 0 Å². The highest BCUT2D eigenvalue weighted by molar-refractivity contribution is 5.56. The highest BCUT2D eigenvalue weighted by atomic mass is 15.1. The molecule has 1 aliphatic carbocycles. The lowest BCUT2D eigenvalue weighted by atomic mass is 9.97. The summed E-state index contributed by atoms with van der Waals surface area (Å²) in [4.78, 5) is 2.39. The minimum atomic E-state index is 0.712. The van der Waals surface area contributed by atoms with Crippen molar-refractivity contribution in [3.8, 4) is 0 Å². The van der Waals surface area contributed by atoms with Crippen molar-refractivity contribution in [1.29, 1.82) is 0 Å². The van der Waals surface area contributed by atoms with E-state index in [1.807, 2.05) is 0 Å². The summed E-state index contributed by atoms with van der Waals surface area (Å²) in [6.45, 7) is 7.01. The van der Waals surface area contributed by atoms with E-state index in [4.69, 9.17) is 0 Å². The van der Waals surface area contributed by atoms with E-state index in [1.54, 1.807) is 0 Å². The van der Waals surface area contributed by atoms with Crippen LogP contribution in [0.4, 0.5) is 5.69 Å². The van der Waals surface area contributed by atoms with E-state index in [1.165, 1.54) is 49.0 Å². The second kappa shape index (κ2) is 5.77. The van der Waals surface area contributed by atoms with Crippen LogP contribution in [-0.2, 0) is 13.0 Å². The zero-order valence-corrected chi connectivity index (χ0v) is 13.2. The van der Waals surface area contributed by atoms with Crippen molar-refractivity contribution < 1.29 is 0 Å². The lowest BCUT2D eigenvalue weighted by molar-refractivity contribution is 0.370. The molecular weight excluding hydrogens is 244 g/mol. The molecule has 1 saturated carbocycles. The first-order chi connectivity index (χ1) is 9.65. The summed E-state index contributed by atoms with van der Waals surface area (Å²) in [6, 6.07) is 7.74. The molecule has 3 unspecified atom stereocenters. The van der Waals surface area contributed by atoms with Crippen LogP contribution in [0.1, 0.15) is 44.2 Å². The fourth-order valence-corrected chi connectivity index (χ4v) is 3.85. The van der Waals surface area contributed by atoms with E-state index in [0.29, 0.717) is 6.04 Å². The molecule has 0 bridgehead atoms. The average Bonchev–Trinajstić information content (AvgIpc) is 2.77. The Kier molecular flexibility index (Phi) is 4.02. The SMILES string of the molecule is CC1CCC(NCc2ccc3c(c2)CCCN3C)C1C. The first-order valence-electron chi connectivity index (χ1n) is 8.21. The van der Waals surface area contributed by atoms with Gasteiger partial charge in [-0.15, -0.1) is 0 Å². The van der Waals surface area contributed by atoms with Gasteiger partial charge in [-0.3, -0.25) is 0 Å². The van der Waals surface area contributed by atoms with Crippen LogP contribution in [0.2, 0.25) is 0 Å². The van der Waals surface area contributed by atoms with Crippen molar-refractivity contribution in [2.24, 2.45) is 11.8 Å². The van der Waals surface area contributed by atoms with Crippen LogP contribution >= 0.6 is 0 Å². The molecule has 0 amide bonds. The quantitative estimate of drug-likeness (QED) is 0.904. The molecule has 1 aliphatic heterocycles. The molecule has 110 valence electrons. The summed E-state index contributed by atoms with van der Waals surface area (Å²) in [6.07, 6.45) is 5.26. The summed E-state index contributed by atoms with van der Waals surface area (Å²) in [5, 5.41) is 3.78. The summed E-state index contributed by atoms with van der Waals surface area (Å²) in [5.41, 5.74) is 4.42. The Morgan fingerprint density at radius 1 is 1.25 bits per heavy atom. The molecule has 1 aromatic carbocycles. The van der Waals surface area contributed by atoms with E-state index in [9.17, 15) is 0 Å². The first kappa shape index (κ1) is 13.9. The van der Waals surface area contributed by atoms with Gasteiger partial charge < -0.3 is 10.2 Å². The Hall–Kier alpha value is -1.02. The zero-order chi connectivity index (χ0) is 14.1. The number of hydrogen-bond donors (Lipinski definition) is 1. The fourth-order valence-electron chi connectivity index (χ4n) is 3.85. The lowest BCUT2D eigenvalue weighted by Gasteiger charge is -2.28. The molecule has 20 heavy (non-hydrogen) atoms. The first-order valence-corrected chi connectivity index (χ1v) is 8.21. The van der Waals surface area contributed by atoms with Gasteiger partial charge in [0.15, 0.2) is 0 Å². The molecule has 2 heteroatoms. The molecule has 0 saturated heterocycles. The van der Waals surface area contributed by atoms with Gasteiger partial charge >= 0.3 is 0 Å². The van der Waals surface area contributed by atoms with Crippen LogP contribution in [0.5, 0.6) is 0 Å². The van der Waals surface area contributed by atoms with Gasteiger partial charge in [0.1, 0.15) is 0 Å². The summed E-state index contributed by atoms with van der Waals surface area (Å²) in [5.74, 6) is 1.70. The molecule has 0 radical (unpaired) electrons. The average molecular weight is 272 g/mol. The summed E-state index contributed by atoms with van der Waals surface area (Å²) in [7, 11) is 2.21. The maximum Gasteiger partial charge on any atom is 0.0396 e. The second-order valence-corrected chi connectivity index (χ2v) is 6.89. The van der Waals surface area contributed by atoms with Crippen LogP contribution in [-0.4, -0.2) is 19.6 Å². The number of fused-ring (bicyclic) bond motifs is 1. The lowest BCUT2D eigenvalue weighted by Crippen LogP contribution is -2.32. The Morgan fingerprint density at radius 3 is 2.85 bits per heavy atom. The maximum absolute atomic E-state index is 3.78. The molecule has 1 aromatic rings. The Bertz CT molecular complexity index is 468. The molecule has 1 fully saturated rings. The number of nitrogens with zero attached hydrogens (tertiary/aromatic N) is 1. The number of rotatable bonds is 3. The molecule has 3 atom stereocenters. The maximum atomic E-state index is 3.78. The third-order valence-electron chi connectivity index (χ3n) is 5.53. The van der Waals surface area contributed by atoms with Gasteiger partial charge in [-0.1, -0.05) is 26.0 Å². The van der Waals surface area contributed by atoms with Gasteiger partial charge in [-0.2, -0.15) is 0 Å². The Balaban J connectivity index is 1.64. The molecule has 0 aromatic heterocycles. The largest absolute Gasteiger partial charge is 0.374 e. The highest BCUT2D eigenvalue weighted by Crippen LogP contribution is 2.31.